The number of esters is 1. The predicted octanol–water partition coefficient (Wildman–Crippen LogP) is 3.43. The predicted molar refractivity (Wildman–Crippen MR) is 94.4 cm³/mol. The smallest absolute Gasteiger partial charge is 0.338 e. The van der Waals surface area contributed by atoms with Crippen LogP contribution in [0, 0.1) is 5.82 Å². The number of nitrogens with zero attached hydrogens (tertiary/aromatic N) is 2. The number of rotatable bonds is 4. The first-order valence-corrected chi connectivity index (χ1v) is 9.07. The topological polar surface area (TPSA) is 59.0 Å². The van der Waals surface area contributed by atoms with E-state index in [1.54, 1.807) is 26.0 Å². The average molecular weight is 362 g/mol. The average Bonchev–Trinajstić information content (AvgIpc) is 2.89. The van der Waals surface area contributed by atoms with Gasteiger partial charge in [0.15, 0.2) is 5.17 Å². The normalized spacial score (nSPS) is 22.8. The van der Waals surface area contributed by atoms with Gasteiger partial charge in [-0.3, -0.25) is 9.69 Å². The molecule has 0 aromatic heterocycles. The molecule has 0 spiro atoms. The molecule has 1 aromatic rings. The van der Waals surface area contributed by atoms with Crippen molar-refractivity contribution in [2.45, 2.75) is 38.5 Å². The van der Waals surface area contributed by atoms with E-state index < -0.39 is 17.8 Å². The van der Waals surface area contributed by atoms with Gasteiger partial charge in [0.2, 0.25) is 5.91 Å². The molecule has 2 atom stereocenters. The van der Waals surface area contributed by atoms with Crippen LogP contribution in [0.4, 0.5) is 4.39 Å². The van der Waals surface area contributed by atoms with E-state index in [9.17, 15) is 14.0 Å². The number of amides is 1. The van der Waals surface area contributed by atoms with Gasteiger partial charge >= 0.3 is 5.97 Å². The Hall–Kier alpha value is -2.15. The van der Waals surface area contributed by atoms with Crippen LogP contribution in [0.2, 0.25) is 0 Å². The van der Waals surface area contributed by atoms with Crippen molar-refractivity contribution in [2.75, 3.05) is 6.61 Å². The molecule has 3 rings (SSSR count). The minimum Gasteiger partial charge on any atom is -0.463 e. The maximum atomic E-state index is 13.8. The Labute approximate surface area is 149 Å². The first-order chi connectivity index (χ1) is 12.0. The number of benzene rings is 1. The highest BCUT2D eigenvalue weighted by atomic mass is 32.2. The molecule has 1 saturated heterocycles. The van der Waals surface area contributed by atoms with Crippen molar-refractivity contribution in [3.63, 3.8) is 0 Å². The van der Waals surface area contributed by atoms with Gasteiger partial charge in [0.1, 0.15) is 5.82 Å². The molecule has 1 aromatic carbocycles. The number of carbonyl (C=O) groups is 2. The Balaban J connectivity index is 2.15. The summed E-state index contributed by atoms with van der Waals surface area (Å²) >= 11 is 1.38. The van der Waals surface area contributed by atoms with Gasteiger partial charge in [0.05, 0.1) is 29.2 Å². The van der Waals surface area contributed by atoms with E-state index in [2.05, 4.69) is 4.99 Å². The number of fused-ring (bicyclic) bond motifs is 1. The van der Waals surface area contributed by atoms with Crippen LogP contribution < -0.4 is 0 Å². The number of thioether (sulfide) groups is 1. The zero-order valence-electron chi connectivity index (χ0n) is 14.3. The van der Waals surface area contributed by atoms with Crippen molar-refractivity contribution < 1.29 is 18.7 Å². The minimum absolute atomic E-state index is 0.116. The highest BCUT2D eigenvalue weighted by Gasteiger charge is 2.47. The van der Waals surface area contributed by atoms with E-state index in [4.69, 9.17) is 4.74 Å². The van der Waals surface area contributed by atoms with E-state index in [-0.39, 0.29) is 23.3 Å². The summed E-state index contributed by atoms with van der Waals surface area (Å²) in [6.45, 7) is 5.57. The summed E-state index contributed by atoms with van der Waals surface area (Å²) < 4.78 is 19.0. The summed E-state index contributed by atoms with van der Waals surface area (Å²) in [7, 11) is 0. The van der Waals surface area contributed by atoms with Gasteiger partial charge in [0, 0.05) is 0 Å². The van der Waals surface area contributed by atoms with Crippen molar-refractivity contribution in [3.05, 3.63) is 46.9 Å². The highest BCUT2D eigenvalue weighted by molar-refractivity contribution is 8.15. The second kappa shape index (κ2) is 7.00. The standard InChI is InChI=1S/C18H19FN2O3S/c1-4-13-16(22)21-15(11-7-6-8-12(19)9-11)14(17(23)24-5-2)10(3)20-18(21)25-13/h6-9,13,15H,4-5H2,1-3H3/t13-,15-/m0/s1. The Bertz CT molecular complexity index is 790. The Morgan fingerprint density at radius 3 is 2.80 bits per heavy atom. The number of halogens is 1. The summed E-state index contributed by atoms with van der Waals surface area (Å²) in [5.74, 6) is -1.07. The van der Waals surface area contributed by atoms with E-state index >= 15 is 0 Å². The molecule has 2 heterocycles. The van der Waals surface area contributed by atoms with Gasteiger partial charge in [-0.2, -0.15) is 0 Å². The third kappa shape index (κ3) is 3.08. The van der Waals surface area contributed by atoms with Crippen molar-refractivity contribution in [1.29, 1.82) is 0 Å². The Morgan fingerprint density at radius 2 is 2.16 bits per heavy atom. The SMILES string of the molecule is CCOC(=O)C1=C(C)N=C2S[C@@H](CC)C(=O)N2[C@H]1c1cccc(F)c1. The lowest BCUT2D eigenvalue weighted by Crippen LogP contribution is -2.40. The fraction of sp³-hybridized carbons (Fsp3) is 0.389. The molecular weight excluding hydrogens is 343 g/mol. The van der Waals surface area contributed by atoms with Crippen LogP contribution in [0.25, 0.3) is 0 Å². The third-order valence-electron chi connectivity index (χ3n) is 4.18. The molecule has 0 unspecified atom stereocenters. The molecule has 5 nitrogen and oxygen atoms in total. The lowest BCUT2D eigenvalue weighted by Gasteiger charge is -2.33. The van der Waals surface area contributed by atoms with Crippen LogP contribution in [0.3, 0.4) is 0 Å². The van der Waals surface area contributed by atoms with Crippen LogP contribution in [0.5, 0.6) is 0 Å². The first kappa shape index (κ1) is 17.7. The molecule has 132 valence electrons. The van der Waals surface area contributed by atoms with Gasteiger partial charge in [-0.25, -0.2) is 14.2 Å². The lowest BCUT2D eigenvalue weighted by atomic mass is 9.94. The van der Waals surface area contributed by atoms with Crippen LogP contribution >= 0.6 is 11.8 Å². The monoisotopic (exact) mass is 362 g/mol. The fourth-order valence-corrected chi connectivity index (χ4v) is 4.19. The summed E-state index contributed by atoms with van der Waals surface area (Å²) in [4.78, 5) is 31.3. The Kier molecular flexibility index (Phi) is 4.94. The van der Waals surface area contributed by atoms with Gasteiger partial charge in [-0.1, -0.05) is 30.8 Å². The fourth-order valence-electron chi connectivity index (χ4n) is 3.05. The van der Waals surface area contributed by atoms with Gasteiger partial charge in [-0.05, 0) is 38.0 Å². The molecule has 0 N–H and O–H groups in total. The summed E-state index contributed by atoms with van der Waals surface area (Å²) in [5.41, 5.74) is 1.30. The van der Waals surface area contributed by atoms with Crippen molar-refractivity contribution in [3.8, 4) is 0 Å². The quantitative estimate of drug-likeness (QED) is 0.770. The molecule has 2 aliphatic heterocycles. The summed E-state index contributed by atoms with van der Waals surface area (Å²) in [6, 6.07) is 5.23. The lowest BCUT2D eigenvalue weighted by molar-refractivity contribution is -0.139. The second-order valence-electron chi connectivity index (χ2n) is 5.79. The molecule has 1 amide bonds. The summed E-state index contributed by atoms with van der Waals surface area (Å²) in [5, 5.41) is 0.306. The molecule has 0 bridgehead atoms. The maximum absolute atomic E-state index is 13.8. The van der Waals surface area contributed by atoms with Crippen LogP contribution in [0.1, 0.15) is 38.8 Å². The molecule has 7 heteroatoms. The van der Waals surface area contributed by atoms with Crippen LogP contribution in [-0.4, -0.2) is 33.8 Å². The summed E-state index contributed by atoms with van der Waals surface area (Å²) in [6.07, 6.45) is 0.655. The first-order valence-electron chi connectivity index (χ1n) is 8.19. The van der Waals surface area contributed by atoms with E-state index in [1.165, 1.54) is 28.8 Å². The number of carbonyl (C=O) groups excluding carboxylic acids is 2. The third-order valence-corrected chi connectivity index (χ3v) is 5.50. The van der Waals surface area contributed by atoms with E-state index in [1.807, 2.05) is 6.92 Å². The molecular formula is C18H19FN2O3S. The van der Waals surface area contributed by atoms with Gasteiger partial charge in [0.25, 0.3) is 0 Å². The number of ether oxygens (including phenoxy) is 1. The second-order valence-corrected chi connectivity index (χ2v) is 6.96. The number of aliphatic imine (C=N–C) groups is 1. The number of hydrogen-bond donors (Lipinski definition) is 0. The van der Waals surface area contributed by atoms with E-state index in [0.29, 0.717) is 22.8 Å². The number of amidine groups is 1. The highest BCUT2D eigenvalue weighted by Crippen LogP contribution is 2.44. The molecule has 0 aliphatic carbocycles. The molecule has 0 radical (unpaired) electrons. The van der Waals surface area contributed by atoms with Crippen molar-refractivity contribution in [1.82, 2.24) is 4.90 Å². The maximum Gasteiger partial charge on any atom is 0.338 e. The van der Waals surface area contributed by atoms with Crippen LogP contribution in [0.15, 0.2) is 40.5 Å². The number of allylic oxidation sites excluding steroid dienone is 1. The molecule has 1 fully saturated rings. The van der Waals surface area contributed by atoms with Gasteiger partial charge in [-0.15, -0.1) is 0 Å². The van der Waals surface area contributed by atoms with Crippen molar-refractivity contribution in [2.24, 2.45) is 4.99 Å². The van der Waals surface area contributed by atoms with Gasteiger partial charge < -0.3 is 4.74 Å². The Morgan fingerprint density at radius 1 is 1.40 bits per heavy atom. The number of hydrogen-bond acceptors (Lipinski definition) is 5. The minimum atomic E-state index is -0.723. The molecule has 0 saturated carbocycles. The van der Waals surface area contributed by atoms with Crippen LogP contribution in [-0.2, 0) is 14.3 Å². The molecule has 2 aliphatic rings. The van der Waals surface area contributed by atoms with E-state index in [0.717, 1.165) is 0 Å². The zero-order valence-corrected chi connectivity index (χ0v) is 15.1. The largest absolute Gasteiger partial charge is 0.463 e. The molecule has 25 heavy (non-hydrogen) atoms. The van der Waals surface area contributed by atoms with Crippen molar-refractivity contribution >= 4 is 28.8 Å². The zero-order chi connectivity index (χ0) is 18.1.